The summed E-state index contributed by atoms with van der Waals surface area (Å²) in [5.74, 6) is -2.62. The second kappa shape index (κ2) is 4.13. The van der Waals surface area contributed by atoms with Gasteiger partial charge in [-0.3, -0.25) is 0 Å². The zero-order valence-electron chi connectivity index (χ0n) is 9.47. The molecule has 1 aromatic carbocycles. The molecule has 1 fully saturated rings. The van der Waals surface area contributed by atoms with E-state index >= 15 is 0 Å². The minimum atomic E-state index is -2.62. The average molecular weight is 225 g/mol. The summed E-state index contributed by atoms with van der Waals surface area (Å²) < 4.78 is 27.8. The van der Waals surface area contributed by atoms with E-state index in [1.54, 1.807) is 6.92 Å². The highest BCUT2D eigenvalue weighted by Gasteiger charge is 2.51. The molecular formula is C13H17F2N. The first-order valence-electron chi connectivity index (χ1n) is 5.70. The molecule has 1 aromatic rings. The van der Waals surface area contributed by atoms with Crippen molar-refractivity contribution in [3.8, 4) is 0 Å². The van der Waals surface area contributed by atoms with E-state index in [1.807, 2.05) is 30.3 Å². The molecule has 0 bridgehead atoms. The molecule has 0 aliphatic carbocycles. The summed E-state index contributed by atoms with van der Waals surface area (Å²) in [4.78, 5) is 0. The zero-order valence-corrected chi connectivity index (χ0v) is 9.47. The van der Waals surface area contributed by atoms with Crippen molar-refractivity contribution in [2.45, 2.75) is 37.6 Å². The van der Waals surface area contributed by atoms with Crippen LogP contribution in [0.4, 0.5) is 8.78 Å². The zero-order chi connectivity index (χ0) is 11.6. The molecule has 16 heavy (non-hydrogen) atoms. The van der Waals surface area contributed by atoms with Crippen molar-refractivity contribution in [1.29, 1.82) is 0 Å². The Hall–Kier alpha value is -0.960. The number of nitrogens with one attached hydrogen (secondary N) is 1. The molecule has 1 nitrogen and oxygen atoms in total. The van der Waals surface area contributed by atoms with Crippen LogP contribution in [0.2, 0.25) is 0 Å². The topological polar surface area (TPSA) is 12.0 Å². The number of benzene rings is 1. The monoisotopic (exact) mass is 225 g/mol. The molecule has 0 saturated carbocycles. The predicted octanol–water partition coefficient (Wildman–Crippen LogP) is 3.01. The van der Waals surface area contributed by atoms with Crippen LogP contribution in [-0.2, 0) is 6.42 Å². The molecule has 1 unspecified atom stereocenters. The number of halogens is 2. The first-order chi connectivity index (χ1) is 7.54. The molecule has 0 amide bonds. The first-order valence-corrected chi connectivity index (χ1v) is 5.70. The summed E-state index contributed by atoms with van der Waals surface area (Å²) in [6.07, 6.45) is 0.918. The third-order valence-corrected chi connectivity index (χ3v) is 3.39. The Morgan fingerprint density at radius 2 is 1.94 bits per heavy atom. The van der Waals surface area contributed by atoms with Gasteiger partial charge in [0, 0.05) is 6.42 Å². The van der Waals surface area contributed by atoms with Crippen LogP contribution in [0.5, 0.6) is 0 Å². The number of hydrogen-bond acceptors (Lipinski definition) is 1. The molecule has 0 spiro atoms. The molecule has 1 saturated heterocycles. The highest BCUT2D eigenvalue weighted by atomic mass is 19.3. The van der Waals surface area contributed by atoms with Crippen molar-refractivity contribution in [2.24, 2.45) is 0 Å². The average Bonchev–Trinajstić information content (AvgIpc) is 2.24. The fourth-order valence-corrected chi connectivity index (χ4v) is 2.28. The summed E-state index contributed by atoms with van der Waals surface area (Å²) in [6, 6.07) is 9.48. The van der Waals surface area contributed by atoms with Crippen molar-refractivity contribution in [3.05, 3.63) is 35.9 Å². The van der Waals surface area contributed by atoms with E-state index in [4.69, 9.17) is 0 Å². The predicted molar refractivity (Wildman–Crippen MR) is 60.7 cm³/mol. The molecule has 88 valence electrons. The second-order valence-electron chi connectivity index (χ2n) is 4.73. The maximum atomic E-state index is 13.9. The molecule has 0 aromatic heterocycles. The second-order valence-corrected chi connectivity index (χ2v) is 4.73. The third-order valence-electron chi connectivity index (χ3n) is 3.39. The van der Waals surface area contributed by atoms with Gasteiger partial charge in [-0.1, -0.05) is 30.3 Å². The van der Waals surface area contributed by atoms with Crippen molar-refractivity contribution >= 4 is 0 Å². The molecule has 1 heterocycles. The number of hydrogen-bond donors (Lipinski definition) is 1. The lowest BCUT2D eigenvalue weighted by Gasteiger charge is -2.42. The molecule has 3 heteroatoms. The Morgan fingerprint density at radius 3 is 2.56 bits per heavy atom. The van der Waals surface area contributed by atoms with Crippen molar-refractivity contribution < 1.29 is 8.78 Å². The fourth-order valence-electron chi connectivity index (χ4n) is 2.28. The summed E-state index contributed by atoms with van der Waals surface area (Å²) in [7, 11) is 0. The van der Waals surface area contributed by atoms with Crippen molar-refractivity contribution in [3.63, 3.8) is 0 Å². The van der Waals surface area contributed by atoms with Crippen LogP contribution in [0.1, 0.15) is 25.3 Å². The van der Waals surface area contributed by atoms with Crippen LogP contribution in [-0.4, -0.2) is 18.0 Å². The van der Waals surface area contributed by atoms with Gasteiger partial charge in [0.15, 0.2) is 0 Å². The Balaban J connectivity index is 2.18. The van der Waals surface area contributed by atoms with Crippen LogP contribution in [0.25, 0.3) is 0 Å². The quantitative estimate of drug-likeness (QED) is 0.815. The maximum absolute atomic E-state index is 13.9. The standard InChI is InChI=1S/C13H17F2N/c1-12(10-11-6-3-2-4-7-11)13(14,15)8-5-9-16-12/h2-4,6-7,16H,5,8-10H2,1H3. The molecule has 1 aliphatic rings. The van der Waals surface area contributed by atoms with Crippen molar-refractivity contribution in [1.82, 2.24) is 5.32 Å². The van der Waals surface area contributed by atoms with Crippen LogP contribution >= 0.6 is 0 Å². The van der Waals surface area contributed by atoms with E-state index in [2.05, 4.69) is 5.32 Å². The Morgan fingerprint density at radius 1 is 1.25 bits per heavy atom. The maximum Gasteiger partial charge on any atom is 0.266 e. The first kappa shape index (κ1) is 11.5. The van der Waals surface area contributed by atoms with Gasteiger partial charge in [-0.25, -0.2) is 8.78 Å². The van der Waals surface area contributed by atoms with Gasteiger partial charge in [0.05, 0.1) is 5.54 Å². The number of piperidine rings is 1. The van der Waals surface area contributed by atoms with E-state index in [1.165, 1.54) is 0 Å². The SMILES string of the molecule is CC1(Cc2ccccc2)NCCCC1(F)F. The highest BCUT2D eigenvalue weighted by molar-refractivity contribution is 5.19. The summed E-state index contributed by atoms with van der Waals surface area (Å²) in [5, 5.41) is 2.98. The molecule has 2 rings (SSSR count). The van der Waals surface area contributed by atoms with E-state index < -0.39 is 11.5 Å². The Kier molecular flexibility index (Phi) is 2.98. The van der Waals surface area contributed by atoms with E-state index in [-0.39, 0.29) is 6.42 Å². The van der Waals surface area contributed by atoms with Crippen LogP contribution < -0.4 is 5.32 Å². The van der Waals surface area contributed by atoms with Gasteiger partial charge in [-0.15, -0.1) is 0 Å². The normalized spacial score (nSPS) is 28.9. The van der Waals surface area contributed by atoms with Gasteiger partial charge in [0.1, 0.15) is 0 Å². The van der Waals surface area contributed by atoms with Gasteiger partial charge >= 0.3 is 0 Å². The van der Waals surface area contributed by atoms with E-state index in [0.717, 1.165) is 5.56 Å². The lowest BCUT2D eigenvalue weighted by molar-refractivity contribution is -0.106. The van der Waals surface area contributed by atoms with Gasteiger partial charge in [-0.05, 0) is 31.9 Å². The number of rotatable bonds is 2. The number of alkyl halides is 2. The lowest BCUT2D eigenvalue weighted by Crippen LogP contribution is -2.61. The summed E-state index contributed by atoms with van der Waals surface area (Å²) in [6.45, 7) is 2.30. The molecule has 1 N–H and O–H groups in total. The van der Waals surface area contributed by atoms with Gasteiger partial charge < -0.3 is 5.32 Å². The van der Waals surface area contributed by atoms with Gasteiger partial charge in [0.2, 0.25) is 0 Å². The van der Waals surface area contributed by atoms with Gasteiger partial charge in [0.25, 0.3) is 5.92 Å². The summed E-state index contributed by atoms with van der Waals surface area (Å²) in [5.41, 5.74) is -0.147. The third kappa shape index (κ3) is 2.09. The minimum Gasteiger partial charge on any atom is -0.306 e. The Labute approximate surface area is 94.9 Å². The highest BCUT2D eigenvalue weighted by Crippen LogP contribution is 2.38. The van der Waals surface area contributed by atoms with Crippen LogP contribution in [0.15, 0.2) is 30.3 Å². The van der Waals surface area contributed by atoms with Crippen molar-refractivity contribution in [2.75, 3.05) is 6.54 Å². The molecule has 0 radical (unpaired) electrons. The van der Waals surface area contributed by atoms with Crippen LogP contribution in [0.3, 0.4) is 0 Å². The Bertz CT molecular complexity index is 350. The fraction of sp³-hybridized carbons (Fsp3) is 0.538. The van der Waals surface area contributed by atoms with E-state index in [0.29, 0.717) is 19.4 Å². The molecule has 1 aliphatic heterocycles. The summed E-state index contributed by atoms with van der Waals surface area (Å²) >= 11 is 0. The lowest BCUT2D eigenvalue weighted by atomic mass is 9.81. The minimum absolute atomic E-state index is 0.0106. The van der Waals surface area contributed by atoms with Gasteiger partial charge in [-0.2, -0.15) is 0 Å². The molecular weight excluding hydrogens is 208 g/mol. The largest absolute Gasteiger partial charge is 0.306 e. The smallest absolute Gasteiger partial charge is 0.266 e. The molecule has 1 atom stereocenters. The van der Waals surface area contributed by atoms with E-state index in [9.17, 15) is 8.78 Å². The van der Waals surface area contributed by atoms with Crippen LogP contribution in [0, 0.1) is 0 Å².